The van der Waals surface area contributed by atoms with E-state index in [9.17, 15) is 14.7 Å². The maximum atomic E-state index is 12.8. The highest BCUT2D eigenvalue weighted by Gasteiger charge is 2.30. The summed E-state index contributed by atoms with van der Waals surface area (Å²) in [6, 6.07) is 6.35. The van der Waals surface area contributed by atoms with E-state index in [0.717, 1.165) is 22.3 Å². The van der Waals surface area contributed by atoms with Crippen molar-refractivity contribution in [3.63, 3.8) is 0 Å². The second-order valence-electron chi connectivity index (χ2n) is 5.79. The molecule has 10 heteroatoms. The largest absolute Gasteiger partial charge is 0.432 e. The number of anilines is 1. The molecule has 1 aliphatic rings. The van der Waals surface area contributed by atoms with Crippen molar-refractivity contribution in [3.05, 3.63) is 55.6 Å². The summed E-state index contributed by atoms with van der Waals surface area (Å²) in [4.78, 5) is 10.6. The first-order valence-corrected chi connectivity index (χ1v) is 10.6. The second kappa shape index (κ2) is 7.78. The van der Waals surface area contributed by atoms with Crippen molar-refractivity contribution < 1.29 is 18.5 Å². The van der Waals surface area contributed by atoms with Crippen molar-refractivity contribution in [1.82, 2.24) is 0 Å². The topological polar surface area (TPSA) is 90.7 Å². The van der Waals surface area contributed by atoms with Gasteiger partial charge >= 0.3 is 7.75 Å². The first-order chi connectivity index (χ1) is 12.8. The monoisotopic (exact) mass is 430 g/mol. The van der Waals surface area contributed by atoms with E-state index in [1.807, 2.05) is 0 Å². The number of nitrogens with zero attached hydrogens (tertiary/aromatic N) is 1. The number of fused-ring (bicyclic) bond motifs is 3. The standard InChI is InChI=1S/C17H17Cl2N2O5P/c1-3-25-27(24,26-4-2)20-17-15(18)9-13-12-6-5-11(21(22)23)7-10(12)8-14(13)16(17)19/h5-7,9H,3-4,8H2,1-2H3,(H,20,24). The van der Waals surface area contributed by atoms with Crippen LogP contribution in [0.2, 0.25) is 10.0 Å². The van der Waals surface area contributed by atoms with Crippen LogP contribution in [0.3, 0.4) is 0 Å². The molecular formula is C17H17Cl2N2O5P. The predicted molar refractivity (Wildman–Crippen MR) is 106 cm³/mol. The van der Waals surface area contributed by atoms with Gasteiger partial charge in [0.15, 0.2) is 0 Å². The fourth-order valence-electron chi connectivity index (χ4n) is 3.05. The van der Waals surface area contributed by atoms with E-state index in [4.69, 9.17) is 32.2 Å². The van der Waals surface area contributed by atoms with Gasteiger partial charge in [-0.2, -0.15) is 0 Å². The Kier molecular flexibility index (Phi) is 5.79. The molecule has 0 radical (unpaired) electrons. The number of benzene rings is 2. The number of nitro benzene ring substituents is 1. The minimum Gasteiger partial charge on any atom is -0.293 e. The lowest BCUT2D eigenvalue weighted by Gasteiger charge is -2.21. The minimum atomic E-state index is -3.62. The summed E-state index contributed by atoms with van der Waals surface area (Å²) >= 11 is 12.9. The number of non-ortho nitro benzene ring substituents is 1. The van der Waals surface area contributed by atoms with E-state index < -0.39 is 12.7 Å². The van der Waals surface area contributed by atoms with E-state index in [2.05, 4.69) is 5.09 Å². The Balaban J connectivity index is 2.03. The van der Waals surface area contributed by atoms with E-state index >= 15 is 0 Å². The fraction of sp³-hybridized carbons (Fsp3) is 0.294. The summed E-state index contributed by atoms with van der Waals surface area (Å²) in [5, 5.41) is 14.3. The molecule has 7 nitrogen and oxygen atoms in total. The predicted octanol–water partition coefficient (Wildman–Crippen LogP) is 6.07. The van der Waals surface area contributed by atoms with Crippen molar-refractivity contribution in [2.24, 2.45) is 0 Å². The molecule has 1 aliphatic carbocycles. The van der Waals surface area contributed by atoms with E-state index in [1.165, 1.54) is 12.1 Å². The number of nitrogens with one attached hydrogen (secondary N) is 1. The summed E-state index contributed by atoms with van der Waals surface area (Å²) in [6.07, 6.45) is 0.407. The van der Waals surface area contributed by atoms with Crippen molar-refractivity contribution in [1.29, 1.82) is 0 Å². The van der Waals surface area contributed by atoms with Gasteiger partial charge in [-0.15, -0.1) is 0 Å². The van der Waals surface area contributed by atoms with Gasteiger partial charge in [0.2, 0.25) is 0 Å². The first-order valence-electron chi connectivity index (χ1n) is 8.25. The van der Waals surface area contributed by atoms with Crippen LogP contribution in [0.4, 0.5) is 11.4 Å². The summed E-state index contributed by atoms with van der Waals surface area (Å²) < 4.78 is 23.3. The summed E-state index contributed by atoms with van der Waals surface area (Å²) in [5.41, 5.74) is 3.43. The van der Waals surface area contributed by atoms with E-state index in [0.29, 0.717) is 6.42 Å². The van der Waals surface area contributed by atoms with Crippen LogP contribution >= 0.6 is 30.9 Å². The molecule has 0 heterocycles. The molecule has 144 valence electrons. The van der Waals surface area contributed by atoms with Crippen LogP contribution < -0.4 is 5.09 Å². The Morgan fingerprint density at radius 2 is 1.85 bits per heavy atom. The molecule has 0 atom stereocenters. The lowest BCUT2D eigenvalue weighted by atomic mass is 10.1. The first kappa shape index (κ1) is 20.1. The van der Waals surface area contributed by atoms with Crippen LogP contribution in [0.15, 0.2) is 24.3 Å². The Labute approximate surface area is 166 Å². The Morgan fingerprint density at radius 3 is 2.44 bits per heavy atom. The molecule has 0 aliphatic heterocycles. The molecule has 0 aromatic heterocycles. The smallest absolute Gasteiger partial charge is 0.293 e. The molecule has 0 unspecified atom stereocenters. The molecule has 27 heavy (non-hydrogen) atoms. The zero-order chi connectivity index (χ0) is 19.8. The van der Waals surface area contributed by atoms with Crippen molar-refractivity contribution in [3.8, 4) is 11.1 Å². The molecule has 0 saturated carbocycles. The van der Waals surface area contributed by atoms with Gasteiger partial charge < -0.3 is 0 Å². The quantitative estimate of drug-likeness (QED) is 0.278. The average molecular weight is 431 g/mol. The highest BCUT2D eigenvalue weighted by molar-refractivity contribution is 7.55. The number of hydrogen-bond donors (Lipinski definition) is 1. The van der Waals surface area contributed by atoms with E-state index in [-0.39, 0.29) is 34.6 Å². The Morgan fingerprint density at radius 1 is 1.19 bits per heavy atom. The fourth-order valence-corrected chi connectivity index (χ4v) is 5.19. The van der Waals surface area contributed by atoms with Crippen LogP contribution in [-0.2, 0) is 20.0 Å². The summed E-state index contributed by atoms with van der Waals surface area (Å²) in [5.74, 6) is 0. The molecular weight excluding hydrogens is 414 g/mol. The molecule has 0 spiro atoms. The van der Waals surface area contributed by atoms with Gasteiger partial charge in [-0.05, 0) is 48.2 Å². The van der Waals surface area contributed by atoms with Crippen LogP contribution in [-0.4, -0.2) is 18.1 Å². The molecule has 2 aromatic carbocycles. The Hall–Kier alpha value is -1.63. The van der Waals surface area contributed by atoms with Gasteiger partial charge in [0, 0.05) is 18.6 Å². The molecule has 3 rings (SSSR count). The zero-order valence-electron chi connectivity index (χ0n) is 14.6. The van der Waals surface area contributed by atoms with Gasteiger partial charge in [0.05, 0.1) is 33.9 Å². The highest BCUT2D eigenvalue weighted by Crippen LogP contribution is 2.53. The van der Waals surface area contributed by atoms with Crippen LogP contribution in [0.25, 0.3) is 11.1 Å². The maximum absolute atomic E-state index is 12.8. The zero-order valence-corrected chi connectivity index (χ0v) is 17.0. The van der Waals surface area contributed by atoms with Gasteiger partial charge in [-0.25, -0.2) is 4.57 Å². The normalized spacial score (nSPS) is 12.6. The second-order valence-corrected chi connectivity index (χ2v) is 8.31. The minimum absolute atomic E-state index is 0.0133. The number of rotatable bonds is 7. The third-order valence-electron chi connectivity index (χ3n) is 4.12. The molecule has 2 aromatic rings. The summed E-state index contributed by atoms with van der Waals surface area (Å²) in [6.45, 7) is 3.75. The molecule has 1 N–H and O–H groups in total. The SMILES string of the molecule is CCOP(=O)(Nc1c(Cl)cc2c(c1Cl)Cc1cc([N+](=O)[O-])ccc1-2)OCC. The van der Waals surface area contributed by atoms with Gasteiger partial charge in [0.1, 0.15) is 0 Å². The molecule has 0 bridgehead atoms. The van der Waals surface area contributed by atoms with Crippen molar-refractivity contribution >= 4 is 42.3 Å². The van der Waals surface area contributed by atoms with Gasteiger partial charge in [-0.1, -0.05) is 23.2 Å². The third-order valence-corrected chi connectivity index (χ3v) is 6.53. The van der Waals surface area contributed by atoms with Gasteiger partial charge in [-0.3, -0.25) is 24.2 Å². The lowest BCUT2D eigenvalue weighted by Crippen LogP contribution is -2.06. The van der Waals surface area contributed by atoms with Crippen molar-refractivity contribution in [2.45, 2.75) is 20.3 Å². The molecule has 0 fully saturated rings. The van der Waals surface area contributed by atoms with Crippen LogP contribution in [0.1, 0.15) is 25.0 Å². The Bertz CT molecular complexity index is 957. The summed E-state index contributed by atoms with van der Waals surface area (Å²) in [7, 11) is -3.62. The number of nitro groups is 1. The average Bonchev–Trinajstić information content (AvgIpc) is 2.97. The number of halogens is 2. The molecule has 0 saturated heterocycles. The third kappa shape index (κ3) is 3.84. The number of hydrogen-bond acceptors (Lipinski definition) is 5. The maximum Gasteiger partial charge on any atom is 0.432 e. The van der Waals surface area contributed by atoms with E-state index in [1.54, 1.807) is 26.0 Å². The lowest BCUT2D eigenvalue weighted by molar-refractivity contribution is -0.384. The molecule has 0 amide bonds. The highest BCUT2D eigenvalue weighted by atomic mass is 35.5. The van der Waals surface area contributed by atoms with Crippen LogP contribution in [0.5, 0.6) is 0 Å². The van der Waals surface area contributed by atoms with Gasteiger partial charge in [0.25, 0.3) is 5.69 Å². The van der Waals surface area contributed by atoms with Crippen LogP contribution in [0, 0.1) is 10.1 Å². The van der Waals surface area contributed by atoms with Crippen molar-refractivity contribution in [2.75, 3.05) is 18.3 Å².